The summed E-state index contributed by atoms with van der Waals surface area (Å²) in [5.74, 6) is -0.943. The Morgan fingerprint density at radius 3 is 2.83 bits per heavy atom. The lowest BCUT2D eigenvalue weighted by Crippen LogP contribution is -2.25. The molecule has 98 valence electrons. The van der Waals surface area contributed by atoms with E-state index in [2.05, 4.69) is 0 Å². The third kappa shape index (κ3) is 4.62. The van der Waals surface area contributed by atoms with Gasteiger partial charge in [-0.1, -0.05) is 12.1 Å². The monoisotopic (exact) mass is 270 g/mol. The number of methoxy groups -OCH3 is 1. The summed E-state index contributed by atoms with van der Waals surface area (Å²) in [7, 11) is 1.50. The fourth-order valence-electron chi connectivity index (χ4n) is 1.40. The molecule has 7 heteroatoms. The molecule has 0 heterocycles. The number of carboxylic acid groups (broad SMARTS) is 1. The lowest BCUT2D eigenvalue weighted by atomic mass is 10.1. The zero-order valence-corrected chi connectivity index (χ0v) is 10.5. The second-order valence-corrected chi connectivity index (χ2v) is 4.65. The van der Waals surface area contributed by atoms with Gasteiger partial charge in [0.25, 0.3) is 0 Å². The number of carboxylic acids is 1. The average Bonchev–Trinajstić information content (AvgIpc) is 2.34. The smallest absolute Gasteiger partial charge is 0.219 e. The maximum Gasteiger partial charge on any atom is 0.219 e. The molecule has 1 atom stereocenters. The highest BCUT2D eigenvalue weighted by molar-refractivity contribution is 8.00. The molecule has 0 aliphatic rings. The molecule has 1 aromatic rings. The number of rotatable bonds is 7. The van der Waals surface area contributed by atoms with E-state index < -0.39 is 16.1 Å². The number of thioether (sulfide) groups is 1. The highest BCUT2D eigenvalue weighted by atomic mass is 32.2. The SMILES string of the molecule is COc1cccc(C(C[N+](=O)[O-])SCC(=O)[O-])c1. The van der Waals surface area contributed by atoms with E-state index >= 15 is 0 Å². The van der Waals surface area contributed by atoms with Gasteiger partial charge in [-0.25, -0.2) is 0 Å². The van der Waals surface area contributed by atoms with Crippen molar-refractivity contribution in [2.24, 2.45) is 0 Å². The molecular formula is C11H12NO5S-. The van der Waals surface area contributed by atoms with E-state index in [0.29, 0.717) is 11.3 Å². The molecule has 0 radical (unpaired) electrons. The van der Waals surface area contributed by atoms with Crippen LogP contribution in [-0.4, -0.2) is 30.3 Å². The van der Waals surface area contributed by atoms with Crippen LogP contribution in [0.25, 0.3) is 0 Å². The summed E-state index contributed by atoms with van der Waals surface area (Å²) < 4.78 is 5.03. The first-order chi connectivity index (χ1) is 8.52. The number of aliphatic carboxylic acids is 1. The average molecular weight is 270 g/mol. The molecule has 0 aliphatic carbocycles. The molecule has 0 aliphatic heterocycles. The van der Waals surface area contributed by atoms with Crippen molar-refractivity contribution in [3.8, 4) is 5.75 Å². The van der Waals surface area contributed by atoms with Crippen LogP contribution in [0.4, 0.5) is 0 Å². The highest BCUT2D eigenvalue weighted by Gasteiger charge is 2.18. The normalized spacial score (nSPS) is 11.8. The number of ether oxygens (including phenoxy) is 1. The Morgan fingerprint density at radius 1 is 1.56 bits per heavy atom. The Hall–Kier alpha value is -1.76. The standard InChI is InChI=1S/C11H13NO5S/c1-17-9-4-2-3-8(5-9)10(6-12(15)16)18-7-11(13)14/h2-5,10H,6-7H2,1H3,(H,13,14)/p-1. The van der Waals surface area contributed by atoms with Crippen LogP contribution in [0.3, 0.4) is 0 Å². The van der Waals surface area contributed by atoms with Gasteiger partial charge in [-0.15, -0.1) is 11.8 Å². The first kappa shape index (κ1) is 14.3. The summed E-state index contributed by atoms with van der Waals surface area (Å²) in [5, 5.41) is 20.5. The van der Waals surface area contributed by atoms with Crippen LogP contribution in [-0.2, 0) is 4.79 Å². The van der Waals surface area contributed by atoms with Gasteiger partial charge < -0.3 is 14.6 Å². The van der Waals surface area contributed by atoms with Gasteiger partial charge in [0.15, 0.2) is 0 Å². The van der Waals surface area contributed by atoms with Gasteiger partial charge in [0.2, 0.25) is 6.54 Å². The van der Waals surface area contributed by atoms with Crippen molar-refractivity contribution in [3.63, 3.8) is 0 Å². The van der Waals surface area contributed by atoms with E-state index in [1.165, 1.54) is 7.11 Å². The summed E-state index contributed by atoms with van der Waals surface area (Å²) in [6, 6.07) is 6.80. The molecule has 18 heavy (non-hydrogen) atoms. The molecule has 0 aromatic heterocycles. The van der Waals surface area contributed by atoms with Crippen molar-refractivity contribution >= 4 is 17.7 Å². The predicted molar refractivity (Wildman–Crippen MR) is 65.1 cm³/mol. The molecule has 0 spiro atoms. The Balaban J connectivity index is 2.85. The third-order valence-corrected chi connectivity index (χ3v) is 3.41. The summed E-state index contributed by atoms with van der Waals surface area (Å²) in [4.78, 5) is 20.5. The van der Waals surface area contributed by atoms with E-state index in [0.717, 1.165) is 11.8 Å². The molecule has 6 nitrogen and oxygen atoms in total. The van der Waals surface area contributed by atoms with Crippen LogP contribution in [0.5, 0.6) is 5.75 Å². The minimum atomic E-state index is -1.24. The zero-order valence-electron chi connectivity index (χ0n) is 9.70. The quantitative estimate of drug-likeness (QED) is 0.529. The first-order valence-electron chi connectivity index (χ1n) is 5.10. The molecule has 0 saturated carbocycles. The molecule has 0 amide bonds. The van der Waals surface area contributed by atoms with Gasteiger partial charge in [0.05, 0.1) is 18.3 Å². The summed E-state index contributed by atoms with van der Waals surface area (Å²) in [6.45, 7) is -0.342. The van der Waals surface area contributed by atoms with Crippen LogP contribution >= 0.6 is 11.8 Å². The molecule has 0 fully saturated rings. The molecule has 0 saturated heterocycles. The third-order valence-electron chi connectivity index (χ3n) is 2.18. The van der Waals surface area contributed by atoms with Gasteiger partial charge in [-0.3, -0.25) is 10.1 Å². The van der Waals surface area contributed by atoms with E-state index in [4.69, 9.17) is 4.74 Å². The number of carbonyl (C=O) groups is 1. The predicted octanol–water partition coefficient (Wildman–Crippen LogP) is 0.496. The number of hydrogen-bond donors (Lipinski definition) is 0. The molecule has 0 bridgehead atoms. The van der Waals surface area contributed by atoms with Crippen LogP contribution in [0.15, 0.2) is 24.3 Å². The summed E-state index contributed by atoms with van der Waals surface area (Å²) in [6.07, 6.45) is 0. The lowest BCUT2D eigenvalue weighted by Gasteiger charge is -2.14. The Morgan fingerprint density at radius 2 is 2.28 bits per heavy atom. The number of nitrogens with zero attached hydrogens (tertiary/aromatic N) is 1. The largest absolute Gasteiger partial charge is 0.549 e. The maximum absolute atomic E-state index is 10.6. The van der Waals surface area contributed by atoms with E-state index in [9.17, 15) is 20.0 Å². The Bertz CT molecular complexity index is 437. The summed E-state index contributed by atoms with van der Waals surface area (Å²) >= 11 is 0.971. The fraction of sp³-hybridized carbons (Fsp3) is 0.364. The Kier molecular flexibility index (Phi) is 5.44. The minimum Gasteiger partial charge on any atom is -0.549 e. The van der Waals surface area contributed by atoms with Crippen LogP contribution < -0.4 is 9.84 Å². The highest BCUT2D eigenvalue weighted by Crippen LogP contribution is 2.30. The molecule has 1 unspecified atom stereocenters. The number of carbonyl (C=O) groups excluding carboxylic acids is 1. The molecular weight excluding hydrogens is 258 g/mol. The molecule has 1 aromatic carbocycles. The second-order valence-electron chi connectivity index (χ2n) is 3.46. The fourth-order valence-corrected chi connectivity index (χ4v) is 2.30. The van der Waals surface area contributed by atoms with Crippen molar-refractivity contribution in [3.05, 3.63) is 39.9 Å². The van der Waals surface area contributed by atoms with Crippen LogP contribution in [0.1, 0.15) is 10.8 Å². The minimum absolute atomic E-state index is 0.282. The number of hydrogen-bond acceptors (Lipinski definition) is 6. The van der Waals surface area contributed by atoms with Crippen molar-refractivity contribution in [2.45, 2.75) is 5.25 Å². The first-order valence-corrected chi connectivity index (χ1v) is 6.15. The summed E-state index contributed by atoms with van der Waals surface area (Å²) in [5.41, 5.74) is 0.664. The topological polar surface area (TPSA) is 92.5 Å². The van der Waals surface area contributed by atoms with Crippen molar-refractivity contribution in [1.82, 2.24) is 0 Å². The van der Waals surface area contributed by atoms with Crippen LogP contribution in [0, 0.1) is 10.1 Å². The lowest BCUT2D eigenvalue weighted by molar-refractivity contribution is -0.479. The number of benzene rings is 1. The van der Waals surface area contributed by atoms with Crippen molar-refractivity contribution in [2.75, 3.05) is 19.4 Å². The van der Waals surface area contributed by atoms with Crippen molar-refractivity contribution < 1.29 is 19.6 Å². The maximum atomic E-state index is 10.6. The van der Waals surface area contributed by atoms with Gasteiger partial charge >= 0.3 is 0 Å². The molecule has 0 N–H and O–H groups in total. The second kappa shape index (κ2) is 6.85. The Labute approximate surface area is 108 Å². The van der Waals surface area contributed by atoms with Crippen molar-refractivity contribution in [1.29, 1.82) is 0 Å². The van der Waals surface area contributed by atoms with Gasteiger partial charge in [-0.05, 0) is 17.7 Å². The van der Waals surface area contributed by atoms with E-state index in [1.54, 1.807) is 24.3 Å². The molecule has 1 rings (SSSR count). The van der Waals surface area contributed by atoms with Gasteiger partial charge in [0.1, 0.15) is 5.75 Å². The zero-order chi connectivity index (χ0) is 13.5. The van der Waals surface area contributed by atoms with E-state index in [1.807, 2.05) is 0 Å². The van der Waals surface area contributed by atoms with Crippen LogP contribution in [0.2, 0.25) is 0 Å². The van der Waals surface area contributed by atoms with Gasteiger partial charge in [0, 0.05) is 10.7 Å². The van der Waals surface area contributed by atoms with E-state index in [-0.39, 0.29) is 12.3 Å². The van der Waals surface area contributed by atoms with Gasteiger partial charge in [-0.2, -0.15) is 0 Å². The number of nitro groups is 1.